The Morgan fingerprint density at radius 2 is 2.20 bits per heavy atom. The maximum absolute atomic E-state index is 12.0. The first kappa shape index (κ1) is 14.4. The molecule has 0 unspecified atom stereocenters. The summed E-state index contributed by atoms with van der Waals surface area (Å²) in [6.07, 6.45) is 0. The lowest BCUT2D eigenvalue weighted by molar-refractivity contribution is -0.118. The maximum Gasteiger partial charge on any atom is 0.255 e. The van der Waals surface area contributed by atoms with Crippen LogP contribution in [0.3, 0.4) is 0 Å². The van der Waals surface area contributed by atoms with Crippen LogP contribution in [0.4, 0.5) is 0 Å². The third-order valence-electron chi connectivity index (χ3n) is 2.59. The average molecular weight is 293 g/mol. The lowest BCUT2D eigenvalue weighted by Gasteiger charge is -2.09. The molecule has 0 aromatic heterocycles. The zero-order valence-electron chi connectivity index (χ0n) is 11.0. The summed E-state index contributed by atoms with van der Waals surface area (Å²) in [5, 5.41) is 5.81. The van der Waals surface area contributed by atoms with Gasteiger partial charge in [-0.25, -0.2) is 0 Å². The van der Waals surface area contributed by atoms with Gasteiger partial charge in [0.05, 0.1) is 25.8 Å². The van der Waals surface area contributed by atoms with E-state index in [1.165, 1.54) is 18.9 Å². The Labute approximate surface area is 121 Å². The van der Waals surface area contributed by atoms with Crippen LogP contribution in [-0.2, 0) is 4.79 Å². The molecule has 0 fully saturated rings. The van der Waals surface area contributed by atoms with Gasteiger partial charge in [-0.1, -0.05) is 23.9 Å². The zero-order valence-corrected chi connectivity index (χ0v) is 11.8. The monoisotopic (exact) mass is 293 g/mol. The highest BCUT2D eigenvalue weighted by Crippen LogP contribution is 2.16. The second-order valence-corrected chi connectivity index (χ2v) is 5.05. The zero-order chi connectivity index (χ0) is 14.4. The van der Waals surface area contributed by atoms with Crippen molar-refractivity contribution >= 4 is 28.7 Å². The number of rotatable bonds is 4. The first-order chi connectivity index (χ1) is 9.70. The van der Waals surface area contributed by atoms with E-state index in [0.29, 0.717) is 23.0 Å². The lowest BCUT2D eigenvalue weighted by Crippen LogP contribution is -2.38. The van der Waals surface area contributed by atoms with E-state index in [2.05, 4.69) is 15.6 Å². The van der Waals surface area contributed by atoms with Crippen LogP contribution in [0.25, 0.3) is 0 Å². The third-order valence-corrected chi connectivity index (χ3v) is 3.48. The number of hydrogen-bond donors (Lipinski definition) is 2. The molecule has 0 atom stereocenters. The molecule has 1 heterocycles. The quantitative estimate of drug-likeness (QED) is 0.854. The van der Waals surface area contributed by atoms with Crippen LogP contribution in [0.1, 0.15) is 10.4 Å². The van der Waals surface area contributed by atoms with Crippen molar-refractivity contribution in [3.63, 3.8) is 0 Å². The van der Waals surface area contributed by atoms with Crippen LogP contribution in [-0.4, -0.2) is 42.9 Å². The normalized spacial score (nSPS) is 13.6. The largest absolute Gasteiger partial charge is 0.496 e. The van der Waals surface area contributed by atoms with Gasteiger partial charge in [0, 0.05) is 5.75 Å². The first-order valence-corrected chi connectivity index (χ1v) is 7.07. The fourth-order valence-corrected chi connectivity index (χ4v) is 2.41. The van der Waals surface area contributed by atoms with Gasteiger partial charge in [0.15, 0.2) is 5.17 Å². The molecule has 106 valence electrons. The molecule has 0 bridgehead atoms. The summed E-state index contributed by atoms with van der Waals surface area (Å²) in [4.78, 5) is 27.7. The molecule has 2 N–H and O–H groups in total. The topological polar surface area (TPSA) is 79.8 Å². The number of para-hydroxylation sites is 1. The Morgan fingerprint density at radius 3 is 2.90 bits per heavy atom. The number of carbonyl (C=O) groups is 2. The summed E-state index contributed by atoms with van der Waals surface area (Å²) in [5.74, 6) is 0.713. The van der Waals surface area contributed by atoms with E-state index in [0.717, 1.165) is 5.75 Å². The van der Waals surface area contributed by atoms with E-state index in [1.54, 1.807) is 24.3 Å². The van der Waals surface area contributed by atoms with Crippen LogP contribution < -0.4 is 15.4 Å². The molecule has 0 saturated carbocycles. The molecule has 0 radical (unpaired) electrons. The van der Waals surface area contributed by atoms with Crippen molar-refractivity contribution in [3.05, 3.63) is 29.8 Å². The number of hydrogen-bond acceptors (Lipinski definition) is 5. The van der Waals surface area contributed by atoms with Crippen molar-refractivity contribution in [1.29, 1.82) is 0 Å². The standard InChI is InChI=1S/C13H15N3O3S/c1-19-10-5-3-2-4-9(10)12(18)15-8-11(17)16-13-14-6-7-20-13/h2-5H,6-8H2,1H3,(H,15,18)(H,14,16,17). The van der Waals surface area contributed by atoms with Crippen molar-refractivity contribution in [2.75, 3.05) is 26.0 Å². The molecule has 2 amide bonds. The van der Waals surface area contributed by atoms with Gasteiger partial charge in [-0.05, 0) is 12.1 Å². The number of benzene rings is 1. The molecule has 20 heavy (non-hydrogen) atoms. The van der Waals surface area contributed by atoms with E-state index < -0.39 is 0 Å². The SMILES string of the molecule is COc1ccccc1C(=O)NCC(=O)NC1=NCCS1. The minimum Gasteiger partial charge on any atom is -0.496 e. The lowest BCUT2D eigenvalue weighted by atomic mass is 10.2. The predicted octanol–water partition coefficient (Wildman–Crippen LogP) is 0.644. The molecule has 0 saturated heterocycles. The second kappa shape index (κ2) is 6.95. The van der Waals surface area contributed by atoms with Crippen LogP contribution in [0.15, 0.2) is 29.3 Å². The van der Waals surface area contributed by atoms with Crippen LogP contribution >= 0.6 is 11.8 Å². The van der Waals surface area contributed by atoms with Crippen LogP contribution in [0.5, 0.6) is 5.75 Å². The summed E-state index contributed by atoms with van der Waals surface area (Å²) >= 11 is 1.49. The van der Waals surface area contributed by atoms with E-state index in [-0.39, 0.29) is 18.4 Å². The first-order valence-electron chi connectivity index (χ1n) is 6.09. The minimum atomic E-state index is -0.349. The molecule has 0 aliphatic carbocycles. The van der Waals surface area contributed by atoms with Crippen molar-refractivity contribution in [1.82, 2.24) is 10.6 Å². The fourth-order valence-electron chi connectivity index (χ4n) is 1.66. The van der Waals surface area contributed by atoms with Crippen molar-refractivity contribution in [2.45, 2.75) is 0 Å². The summed E-state index contributed by atoms with van der Waals surface area (Å²) in [7, 11) is 1.49. The molecule has 2 rings (SSSR count). The number of nitrogens with one attached hydrogen (secondary N) is 2. The van der Waals surface area contributed by atoms with Gasteiger partial charge in [0.1, 0.15) is 5.75 Å². The van der Waals surface area contributed by atoms with Crippen molar-refractivity contribution < 1.29 is 14.3 Å². The number of ether oxygens (including phenoxy) is 1. The van der Waals surface area contributed by atoms with Gasteiger partial charge in [0.25, 0.3) is 5.91 Å². The smallest absolute Gasteiger partial charge is 0.255 e. The number of amidine groups is 1. The van der Waals surface area contributed by atoms with E-state index in [4.69, 9.17) is 4.74 Å². The highest BCUT2D eigenvalue weighted by Gasteiger charge is 2.14. The maximum atomic E-state index is 12.0. The van der Waals surface area contributed by atoms with Gasteiger partial charge in [-0.3, -0.25) is 14.6 Å². The van der Waals surface area contributed by atoms with E-state index in [9.17, 15) is 9.59 Å². The number of nitrogens with zero attached hydrogens (tertiary/aromatic N) is 1. The molecule has 0 spiro atoms. The van der Waals surface area contributed by atoms with Gasteiger partial charge in [-0.2, -0.15) is 0 Å². The highest BCUT2D eigenvalue weighted by molar-refractivity contribution is 8.14. The Bertz CT molecular complexity index is 545. The number of carbonyl (C=O) groups excluding carboxylic acids is 2. The third kappa shape index (κ3) is 3.74. The number of methoxy groups -OCH3 is 1. The predicted molar refractivity (Wildman–Crippen MR) is 78.2 cm³/mol. The molecule has 6 nitrogen and oxygen atoms in total. The van der Waals surface area contributed by atoms with E-state index >= 15 is 0 Å². The van der Waals surface area contributed by atoms with Gasteiger partial charge < -0.3 is 15.4 Å². The van der Waals surface area contributed by atoms with Crippen LogP contribution in [0.2, 0.25) is 0 Å². The number of amides is 2. The highest BCUT2D eigenvalue weighted by atomic mass is 32.2. The molecule has 1 aromatic rings. The molecule has 7 heteroatoms. The summed E-state index contributed by atoms with van der Waals surface area (Å²) in [6, 6.07) is 6.85. The van der Waals surface area contributed by atoms with Crippen molar-refractivity contribution in [2.24, 2.45) is 4.99 Å². The molecular weight excluding hydrogens is 278 g/mol. The summed E-state index contributed by atoms with van der Waals surface area (Å²) < 4.78 is 5.10. The summed E-state index contributed by atoms with van der Waals surface area (Å²) in [6.45, 7) is 0.615. The van der Waals surface area contributed by atoms with Crippen LogP contribution in [0, 0.1) is 0 Å². The van der Waals surface area contributed by atoms with Crippen molar-refractivity contribution in [3.8, 4) is 5.75 Å². The molecule has 1 aromatic carbocycles. The summed E-state index contributed by atoms with van der Waals surface area (Å²) in [5.41, 5.74) is 0.399. The van der Waals surface area contributed by atoms with E-state index in [1.807, 2.05) is 0 Å². The Kier molecular flexibility index (Phi) is 5.00. The Hall–Kier alpha value is -2.02. The number of aliphatic imine (C=N–C) groups is 1. The Morgan fingerprint density at radius 1 is 1.40 bits per heavy atom. The Balaban J connectivity index is 1.86. The fraction of sp³-hybridized carbons (Fsp3) is 0.308. The molecule has 1 aliphatic rings. The molecule has 1 aliphatic heterocycles. The second-order valence-electron chi connectivity index (χ2n) is 3.97. The number of thioether (sulfide) groups is 1. The average Bonchev–Trinajstić information content (AvgIpc) is 2.97. The van der Waals surface area contributed by atoms with Gasteiger partial charge in [0.2, 0.25) is 5.91 Å². The molecular formula is C13H15N3O3S. The van der Waals surface area contributed by atoms with Gasteiger partial charge in [-0.15, -0.1) is 0 Å². The minimum absolute atomic E-state index is 0.101. The van der Waals surface area contributed by atoms with Gasteiger partial charge >= 0.3 is 0 Å².